The number of piperidine rings is 2. The molecule has 4 aliphatic rings. The summed E-state index contributed by atoms with van der Waals surface area (Å²) in [6.45, 7) is 26.5. The van der Waals surface area contributed by atoms with Crippen molar-refractivity contribution >= 4 is 0 Å². The number of rotatable bonds is 6. The summed E-state index contributed by atoms with van der Waals surface area (Å²) < 4.78 is 0. The first kappa shape index (κ1) is 25.9. The third kappa shape index (κ3) is 5.81. The molecule has 4 fully saturated rings. The topological polar surface area (TPSA) is 13.0 Å². The van der Waals surface area contributed by atoms with E-state index in [2.05, 4.69) is 68.1 Å². The molecule has 0 N–H and O–H groups in total. The average molecular weight is 461 g/mol. The highest BCUT2D eigenvalue weighted by atomic mass is 15.3. The van der Waals surface area contributed by atoms with Gasteiger partial charge in [-0.1, -0.05) is 6.42 Å². The third-order valence-corrected chi connectivity index (χ3v) is 10.1. The van der Waals surface area contributed by atoms with Gasteiger partial charge < -0.3 is 0 Å². The van der Waals surface area contributed by atoms with Crippen LogP contribution in [0.5, 0.6) is 0 Å². The van der Waals surface area contributed by atoms with Gasteiger partial charge in [0.15, 0.2) is 0 Å². The summed E-state index contributed by atoms with van der Waals surface area (Å²) >= 11 is 0. The molecule has 4 aliphatic heterocycles. The Morgan fingerprint density at radius 3 is 1.94 bits per heavy atom. The van der Waals surface area contributed by atoms with Gasteiger partial charge in [0.1, 0.15) is 0 Å². The number of hydrogen-bond donors (Lipinski definition) is 0. The number of fused-ring (bicyclic) bond motifs is 1. The van der Waals surface area contributed by atoms with Crippen LogP contribution in [0.3, 0.4) is 0 Å². The van der Waals surface area contributed by atoms with Crippen molar-refractivity contribution in [3.05, 3.63) is 0 Å². The van der Waals surface area contributed by atoms with Crippen LogP contribution in [-0.4, -0.2) is 94.1 Å². The molecule has 0 saturated carbocycles. The summed E-state index contributed by atoms with van der Waals surface area (Å²) in [6.07, 6.45) is 12.5. The van der Waals surface area contributed by atoms with Gasteiger partial charge in [0.05, 0.1) is 0 Å². The normalized spacial score (nSPS) is 32.3. The smallest absolute Gasteiger partial charge is 0.0267 e. The van der Waals surface area contributed by atoms with Crippen LogP contribution in [-0.2, 0) is 0 Å². The van der Waals surface area contributed by atoms with E-state index >= 15 is 0 Å². The van der Waals surface area contributed by atoms with Crippen LogP contribution in [0.25, 0.3) is 0 Å². The van der Waals surface area contributed by atoms with E-state index < -0.39 is 0 Å². The van der Waals surface area contributed by atoms with E-state index in [0.29, 0.717) is 16.6 Å². The van der Waals surface area contributed by atoms with Crippen molar-refractivity contribution in [1.29, 1.82) is 0 Å². The van der Waals surface area contributed by atoms with E-state index in [9.17, 15) is 0 Å². The molecule has 33 heavy (non-hydrogen) atoms. The predicted octanol–water partition coefficient (Wildman–Crippen LogP) is 5.47. The van der Waals surface area contributed by atoms with E-state index in [0.717, 1.165) is 18.0 Å². The monoisotopic (exact) mass is 460 g/mol. The Morgan fingerprint density at radius 2 is 1.24 bits per heavy atom. The van der Waals surface area contributed by atoms with Crippen LogP contribution in [0.2, 0.25) is 0 Å². The number of nitrogens with zero attached hydrogens (tertiary/aromatic N) is 4. The highest BCUT2D eigenvalue weighted by Gasteiger charge is 2.47. The molecule has 4 rings (SSSR count). The van der Waals surface area contributed by atoms with Gasteiger partial charge in [0, 0.05) is 48.3 Å². The van der Waals surface area contributed by atoms with Crippen LogP contribution in [0, 0.1) is 5.92 Å². The molecule has 0 aliphatic carbocycles. The zero-order chi connectivity index (χ0) is 23.9. The van der Waals surface area contributed by atoms with Crippen molar-refractivity contribution in [3.8, 4) is 0 Å². The molecule has 192 valence electrons. The molecule has 0 aromatic carbocycles. The Kier molecular flexibility index (Phi) is 7.91. The lowest BCUT2D eigenvalue weighted by Gasteiger charge is -2.54. The molecule has 4 heterocycles. The fourth-order valence-electron chi connectivity index (χ4n) is 7.71. The standard InChI is InChI=1S/C29H56N4/c1-27(2,3)32-22-21-30-17-11-13-24(26(30)23-32)25-14-12-20-33(25)29(6,7)16-15-28(4,5)31-18-9-8-10-19-31/h24-26H,8-23H2,1-7H3. The van der Waals surface area contributed by atoms with E-state index in [-0.39, 0.29) is 0 Å². The first-order valence-electron chi connectivity index (χ1n) is 14.5. The van der Waals surface area contributed by atoms with Gasteiger partial charge in [0.2, 0.25) is 0 Å². The van der Waals surface area contributed by atoms with Gasteiger partial charge in [-0.25, -0.2) is 0 Å². The second-order valence-electron chi connectivity index (χ2n) is 14.1. The summed E-state index contributed by atoms with van der Waals surface area (Å²) in [5.41, 5.74) is 0.933. The van der Waals surface area contributed by atoms with Gasteiger partial charge >= 0.3 is 0 Å². The Labute approximate surface area is 206 Å². The van der Waals surface area contributed by atoms with E-state index in [4.69, 9.17) is 0 Å². The molecule has 0 bridgehead atoms. The first-order valence-corrected chi connectivity index (χ1v) is 14.5. The summed E-state index contributed by atoms with van der Waals surface area (Å²) in [7, 11) is 0. The summed E-state index contributed by atoms with van der Waals surface area (Å²) in [5, 5.41) is 0. The molecule has 0 spiro atoms. The Bertz CT molecular complexity index is 630. The number of hydrogen-bond acceptors (Lipinski definition) is 4. The van der Waals surface area contributed by atoms with Crippen molar-refractivity contribution in [3.63, 3.8) is 0 Å². The zero-order valence-corrected chi connectivity index (χ0v) is 23.3. The molecule has 0 amide bonds. The van der Waals surface area contributed by atoms with Crippen molar-refractivity contribution in [2.45, 2.75) is 135 Å². The van der Waals surface area contributed by atoms with Crippen LogP contribution >= 0.6 is 0 Å². The maximum atomic E-state index is 2.99. The maximum absolute atomic E-state index is 2.99. The van der Waals surface area contributed by atoms with Crippen molar-refractivity contribution in [2.75, 3.05) is 45.8 Å². The van der Waals surface area contributed by atoms with Crippen molar-refractivity contribution in [2.24, 2.45) is 5.92 Å². The molecule has 4 saturated heterocycles. The minimum atomic E-state index is 0.294. The molecule has 3 atom stereocenters. The van der Waals surface area contributed by atoms with Crippen LogP contribution in [0.1, 0.15) is 106 Å². The fraction of sp³-hybridized carbons (Fsp3) is 1.00. The van der Waals surface area contributed by atoms with E-state index in [1.807, 2.05) is 0 Å². The van der Waals surface area contributed by atoms with Crippen molar-refractivity contribution < 1.29 is 0 Å². The summed E-state index contributed by atoms with van der Waals surface area (Å²) in [6, 6.07) is 1.55. The lowest BCUT2D eigenvalue weighted by molar-refractivity contribution is -0.0523. The van der Waals surface area contributed by atoms with Crippen LogP contribution < -0.4 is 0 Å². The van der Waals surface area contributed by atoms with Gasteiger partial charge in [-0.15, -0.1) is 0 Å². The summed E-state index contributed by atoms with van der Waals surface area (Å²) in [4.78, 5) is 11.4. The molecular weight excluding hydrogens is 404 g/mol. The van der Waals surface area contributed by atoms with Gasteiger partial charge in [-0.05, 0) is 132 Å². The molecule has 4 heteroatoms. The minimum absolute atomic E-state index is 0.294. The molecule has 0 radical (unpaired) electrons. The van der Waals surface area contributed by atoms with Gasteiger partial charge in [0.25, 0.3) is 0 Å². The van der Waals surface area contributed by atoms with E-state index in [1.54, 1.807) is 0 Å². The zero-order valence-electron chi connectivity index (χ0n) is 23.3. The molecule has 4 nitrogen and oxygen atoms in total. The number of piperazine rings is 1. The van der Waals surface area contributed by atoms with Crippen molar-refractivity contribution in [1.82, 2.24) is 19.6 Å². The van der Waals surface area contributed by atoms with Crippen LogP contribution in [0.15, 0.2) is 0 Å². The molecule has 0 aromatic heterocycles. The SMILES string of the molecule is CC(C)(C)N1CCN2CCCC(C3CCCN3C(C)(C)CCC(C)(C)N3CCCCC3)C2C1. The van der Waals surface area contributed by atoms with Gasteiger partial charge in [-0.2, -0.15) is 0 Å². The lowest BCUT2D eigenvalue weighted by atomic mass is 9.78. The minimum Gasteiger partial charge on any atom is -0.298 e. The van der Waals surface area contributed by atoms with Crippen LogP contribution in [0.4, 0.5) is 0 Å². The highest BCUT2D eigenvalue weighted by Crippen LogP contribution is 2.41. The summed E-state index contributed by atoms with van der Waals surface area (Å²) in [5.74, 6) is 0.848. The fourth-order valence-corrected chi connectivity index (χ4v) is 7.71. The maximum Gasteiger partial charge on any atom is 0.0267 e. The predicted molar refractivity (Wildman–Crippen MR) is 142 cm³/mol. The Balaban J connectivity index is 1.43. The Hall–Kier alpha value is -0.160. The second-order valence-corrected chi connectivity index (χ2v) is 14.1. The van der Waals surface area contributed by atoms with E-state index in [1.165, 1.54) is 104 Å². The average Bonchev–Trinajstić information content (AvgIpc) is 3.28. The Morgan fingerprint density at radius 1 is 0.576 bits per heavy atom. The molecular formula is C29H56N4. The second kappa shape index (κ2) is 10.1. The molecule has 0 aromatic rings. The lowest BCUT2D eigenvalue weighted by Crippen LogP contribution is -2.64. The highest BCUT2D eigenvalue weighted by molar-refractivity contribution is 5.02. The first-order chi connectivity index (χ1) is 15.5. The number of likely N-dealkylation sites (tertiary alicyclic amines) is 2. The molecule has 3 unspecified atom stereocenters. The largest absolute Gasteiger partial charge is 0.298 e. The quantitative estimate of drug-likeness (QED) is 0.521. The third-order valence-electron chi connectivity index (χ3n) is 10.1. The van der Waals surface area contributed by atoms with Gasteiger partial charge in [-0.3, -0.25) is 19.6 Å².